The fourth-order valence-corrected chi connectivity index (χ4v) is 0.845. The largest absolute Gasteiger partial charge is 1.00 e. The van der Waals surface area contributed by atoms with Crippen molar-refractivity contribution < 1.29 is 18.9 Å². The Kier molecular flexibility index (Phi) is 16.8. The average molecular weight is 177 g/mol. The maximum Gasteiger partial charge on any atom is 1.00 e. The van der Waals surface area contributed by atoms with E-state index in [1.54, 1.807) is 6.08 Å². The third-order valence-electron chi connectivity index (χ3n) is 1.38. The molecule has 0 spiro atoms. The Bertz CT molecular complexity index is 153. The Morgan fingerprint density at radius 3 is 2.67 bits per heavy atom. The van der Waals surface area contributed by atoms with Gasteiger partial charge in [0.1, 0.15) is 0 Å². The van der Waals surface area contributed by atoms with Crippen LogP contribution in [0.1, 0.15) is 39.0 Å². The van der Waals surface area contributed by atoms with E-state index >= 15 is 0 Å². The van der Waals surface area contributed by atoms with Gasteiger partial charge in [-0.2, -0.15) is 11.6 Å². The van der Waals surface area contributed by atoms with Gasteiger partial charge in [-0.05, 0) is 12.8 Å². The normalized spacial score (nSPS) is 8.83. The zero-order chi connectivity index (χ0) is 8.36. The van der Waals surface area contributed by atoms with Crippen LogP contribution in [0.2, 0.25) is 0 Å². The third kappa shape index (κ3) is 12.8. The van der Waals surface area contributed by atoms with Gasteiger partial charge in [0.05, 0.1) is 0 Å². The summed E-state index contributed by atoms with van der Waals surface area (Å²) in [6.45, 7) is 2.21. The van der Waals surface area contributed by atoms with Crippen molar-refractivity contribution in [2.75, 3.05) is 0 Å². The summed E-state index contributed by atoms with van der Waals surface area (Å²) in [5, 5.41) is 0. The second-order valence-electron chi connectivity index (χ2n) is 2.39. The molecule has 2 heteroatoms. The molecule has 0 nitrogen and oxygen atoms in total. The minimum atomic E-state index is 0. The van der Waals surface area contributed by atoms with E-state index < -0.39 is 0 Å². The van der Waals surface area contributed by atoms with Crippen LogP contribution in [0.5, 0.6) is 0 Å². The predicted molar refractivity (Wildman–Crippen MR) is 50.2 cm³/mol. The summed E-state index contributed by atoms with van der Waals surface area (Å²) in [4.78, 5) is 0. The van der Waals surface area contributed by atoms with Gasteiger partial charge in [-0.3, -0.25) is 0 Å². The fourth-order valence-electron chi connectivity index (χ4n) is 0.791. The summed E-state index contributed by atoms with van der Waals surface area (Å²) in [6, 6.07) is 0. The summed E-state index contributed by atoms with van der Waals surface area (Å²) in [7, 11) is 0. The molecule has 0 aromatic carbocycles. The van der Waals surface area contributed by atoms with Gasteiger partial charge in [0, 0.05) is 0 Å². The van der Waals surface area contributed by atoms with Crippen molar-refractivity contribution in [2.24, 2.45) is 0 Å². The van der Waals surface area contributed by atoms with Crippen LogP contribution in [0.15, 0.2) is 6.08 Å². The number of hydrogen-bond donors (Lipinski definition) is 0. The van der Waals surface area contributed by atoms with Crippen molar-refractivity contribution in [3.05, 3.63) is 11.6 Å². The monoisotopic (exact) mass is 176 g/mol. The van der Waals surface area contributed by atoms with Gasteiger partial charge in [-0.1, -0.05) is 26.2 Å². The van der Waals surface area contributed by atoms with Gasteiger partial charge in [0.2, 0.25) is 0 Å². The van der Waals surface area contributed by atoms with E-state index in [0.29, 0.717) is 0 Å². The summed E-state index contributed by atoms with van der Waals surface area (Å²) in [6.07, 6.45) is 7.62. The fraction of sp³-hybridized carbons (Fsp3) is 0.600. The first-order valence-electron chi connectivity index (χ1n) is 4.08. The van der Waals surface area contributed by atoms with E-state index in [2.05, 4.69) is 24.3 Å². The Balaban J connectivity index is 0. The Morgan fingerprint density at radius 2 is 2.08 bits per heavy atom. The number of allylic oxidation sites excluding steroid dienone is 1. The van der Waals surface area contributed by atoms with Crippen LogP contribution in [-0.2, 0) is 0 Å². The zero-order valence-electron chi connectivity index (χ0n) is 7.99. The molecule has 0 unspecified atom stereocenters. The molecule has 0 saturated heterocycles. The molecule has 0 aliphatic rings. The Hall–Kier alpha value is 0.187. The van der Waals surface area contributed by atoms with E-state index in [1.165, 1.54) is 25.7 Å². The van der Waals surface area contributed by atoms with Crippen LogP contribution in [0.25, 0.3) is 0 Å². The van der Waals surface area contributed by atoms with E-state index in [4.69, 9.17) is 11.6 Å². The summed E-state index contributed by atoms with van der Waals surface area (Å²) in [5.74, 6) is 5.79. The number of rotatable bonds is 4. The summed E-state index contributed by atoms with van der Waals surface area (Å²) < 4.78 is 0. The second-order valence-corrected chi connectivity index (χ2v) is 2.60. The molecule has 0 heterocycles. The maximum absolute atomic E-state index is 5.16. The molecule has 0 bridgehead atoms. The zero-order valence-corrected chi connectivity index (χ0v) is 8.75. The van der Waals surface area contributed by atoms with Crippen molar-refractivity contribution in [1.82, 2.24) is 0 Å². The molecule has 0 N–H and O–H groups in total. The van der Waals surface area contributed by atoms with E-state index in [-0.39, 0.29) is 18.9 Å². The molecule has 0 fully saturated rings. The molecule has 0 atom stereocenters. The molecule has 0 amide bonds. The van der Waals surface area contributed by atoms with Gasteiger partial charge in [-0.15, -0.1) is 0 Å². The molecule has 0 aliphatic carbocycles. The molecular weight excluding hydrogens is 163 g/mol. The molecule has 62 valence electrons. The molecule has 0 aromatic heterocycles. The van der Waals surface area contributed by atoms with Gasteiger partial charge in [-0.25, -0.2) is 17.5 Å². The standard InChI is InChI=1S/C10H14Cl.Li/c1-2-3-4-5-6-7-8-9-10-11;/h9H,2-6H2,1H3;/q-1;+1. The first-order chi connectivity index (χ1) is 5.41. The van der Waals surface area contributed by atoms with Crippen LogP contribution < -0.4 is 18.9 Å². The van der Waals surface area contributed by atoms with E-state index in [9.17, 15) is 0 Å². The van der Waals surface area contributed by atoms with Crippen molar-refractivity contribution in [1.29, 1.82) is 0 Å². The number of hydrogen-bond acceptors (Lipinski definition) is 0. The van der Waals surface area contributed by atoms with Gasteiger partial charge in [0.15, 0.2) is 0 Å². The first-order valence-corrected chi connectivity index (χ1v) is 4.45. The van der Waals surface area contributed by atoms with Gasteiger partial charge < -0.3 is 5.92 Å². The van der Waals surface area contributed by atoms with E-state index in [1.807, 2.05) is 0 Å². The molecular formula is C10H14ClLi. The van der Waals surface area contributed by atoms with Gasteiger partial charge in [0.25, 0.3) is 0 Å². The third-order valence-corrected chi connectivity index (χ3v) is 1.49. The molecule has 0 saturated carbocycles. The SMILES string of the molecule is CCCCCCC#CC=[C-]Cl.[Li+]. The molecule has 0 aromatic rings. The average Bonchev–Trinajstić information content (AvgIpc) is 2.03. The van der Waals surface area contributed by atoms with Gasteiger partial charge >= 0.3 is 18.9 Å². The Morgan fingerprint density at radius 1 is 1.33 bits per heavy atom. The van der Waals surface area contributed by atoms with Crippen LogP contribution in [0.3, 0.4) is 0 Å². The van der Waals surface area contributed by atoms with Crippen LogP contribution in [0, 0.1) is 17.4 Å². The number of unbranched alkanes of at least 4 members (excludes halogenated alkanes) is 4. The van der Waals surface area contributed by atoms with Crippen molar-refractivity contribution in [2.45, 2.75) is 39.0 Å². The van der Waals surface area contributed by atoms with E-state index in [0.717, 1.165) is 6.42 Å². The number of halogens is 1. The second kappa shape index (κ2) is 13.8. The molecule has 0 radical (unpaired) electrons. The molecule has 12 heavy (non-hydrogen) atoms. The van der Waals surface area contributed by atoms with Crippen LogP contribution in [0.4, 0.5) is 0 Å². The first kappa shape index (κ1) is 14.7. The van der Waals surface area contributed by atoms with Crippen LogP contribution >= 0.6 is 11.6 Å². The molecule has 0 aliphatic heterocycles. The molecule has 0 rings (SSSR count). The predicted octanol–water partition coefficient (Wildman–Crippen LogP) is 0.520. The summed E-state index contributed by atoms with van der Waals surface area (Å²) in [5.41, 5.74) is 2.34. The minimum absolute atomic E-state index is 0. The minimum Gasteiger partial charge on any atom is -0.306 e. The van der Waals surface area contributed by atoms with Crippen LogP contribution in [-0.4, -0.2) is 0 Å². The quantitative estimate of drug-likeness (QED) is 0.254. The maximum atomic E-state index is 5.16. The smallest absolute Gasteiger partial charge is 0.306 e. The van der Waals surface area contributed by atoms with Crippen molar-refractivity contribution >= 4 is 11.6 Å². The van der Waals surface area contributed by atoms with Crippen molar-refractivity contribution in [3.8, 4) is 11.8 Å². The Labute approximate surface area is 92.9 Å². The van der Waals surface area contributed by atoms with Crippen molar-refractivity contribution in [3.63, 3.8) is 0 Å². The summed E-state index contributed by atoms with van der Waals surface area (Å²) >= 11 is 5.16. The topological polar surface area (TPSA) is 0 Å².